The Balaban J connectivity index is 1.63. The van der Waals surface area contributed by atoms with E-state index in [4.69, 9.17) is 4.74 Å². The predicted octanol–water partition coefficient (Wildman–Crippen LogP) is 3.61. The number of aromatic nitrogens is 2. The maximum absolute atomic E-state index is 12.0. The summed E-state index contributed by atoms with van der Waals surface area (Å²) in [6.45, 7) is 2.54. The number of hydrogen-bond acceptors (Lipinski definition) is 3. The van der Waals surface area contributed by atoms with Crippen LogP contribution in [0, 0.1) is 0 Å². The van der Waals surface area contributed by atoms with E-state index in [9.17, 15) is 4.79 Å². The number of nitrogens with zero attached hydrogens (tertiary/aromatic N) is 1. The molecule has 0 aliphatic rings. The fourth-order valence-electron chi connectivity index (χ4n) is 2.11. The lowest BCUT2D eigenvalue weighted by Crippen LogP contribution is -2.19. The second kappa shape index (κ2) is 6.17. The molecule has 0 fully saturated rings. The Labute approximate surface area is 127 Å². The number of amides is 2. The summed E-state index contributed by atoms with van der Waals surface area (Å²) in [6, 6.07) is 12.4. The van der Waals surface area contributed by atoms with Gasteiger partial charge in [0.05, 0.1) is 24.0 Å². The van der Waals surface area contributed by atoms with Crippen LogP contribution in [0.15, 0.2) is 48.8 Å². The fourth-order valence-corrected chi connectivity index (χ4v) is 2.11. The van der Waals surface area contributed by atoms with Gasteiger partial charge in [0.2, 0.25) is 0 Å². The summed E-state index contributed by atoms with van der Waals surface area (Å²) in [4.78, 5) is 19.1. The molecule has 0 aliphatic carbocycles. The van der Waals surface area contributed by atoms with Crippen LogP contribution in [0.1, 0.15) is 6.92 Å². The minimum atomic E-state index is -0.303. The summed E-state index contributed by atoms with van der Waals surface area (Å²) in [5.41, 5.74) is 3.13. The minimum absolute atomic E-state index is 0.303. The zero-order valence-corrected chi connectivity index (χ0v) is 12.1. The maximum Gasteiger partial charge on any atom is 0.323 e. The first-order valence-corrected chi connectivity index (χ1v) is 6.98. The third-order valence-electron chi connectivity index (χ3n) is 3.10. The van der Waals surface area contributed by atoms with Crippen molar-refractivity contribution < 1.29 is 9.53 Å². The van der Waals surface area contributed by atoms with E-state index in [1.165, 1.54) is 0 Å². The van der Waals surface area contributed by atoms with E-state index in [0.29, 0.717) is 18.0 Å². The predicted molar refractivity (Wildman–Crippen MR) is 86.3 cm³/mol. The topological polar surface area (TPSA) is 79.0 Å². The van der Waals surface area contributed by atoms with Gasteiger partial charge in [-0.25, -0.2) is 9.78 Å². The highest BCUT2D eigenvalue weighted by molar-refractivity contribution is 6.00. The second-order valence-corrected chi connectivity index (χ2v) is 4.67. The van der Waals surface area contributed by atoms with E-state index < -0.39 is 0 Å². The lowest BCUT2D eigenvalue weighted by molar-refractivity contribution is 0.262. The number of anilines is 2. The van der Waals surface area contributed by atoms with Gasteiger partial charge in [0.1, 0.15) is 5.75 Å². The van der Waals surface area contributed by atoms with Crippen LogP contribution in [-0.4, -0.2) is 22.6 Å². The van der Waals surface area contributed by atoms with Crippen LogP contribution < -0.4 is 15.4 Å². The molecular formula is C16H16N4O2. The molecule has 3 aromatic rings. The number of carbonyl (C=O) groups excluding carboxylic acids is 1. The van der Waals surface area contributed by atoms with E-state index in [0.717, 1.165) is 16.8 Å². The van der Waals surface area contributed by atoms with Crippen molar-refractivity contribution in [2.24, 2.45) is 0 Å². The molecule has 0 saturated carbocycles. The van der Waals surface area contributed by atoms with Crippen molar-refractivity contribution in [3.8, 4) is 5.75 Å². The van der Waals surface area contributed by atoms with Gasteiger partial charge in [-0.1, -0.05) is 0 Å². The number of urea groups is 1. The van der Waals surface area contributed by atoms with E-state index in [2.05, 4.69) is 20.6 Å². The molecule has 0 spiro atoms. The number of imidazole rings is 1. The van der Waals surface area contributed by atoms with E-state index >= 15 is 0 Å². The standard InChI is InChI=1S/C16H16N4O2/c1-2-22-13-6-3-11(4-7-13)19-16(21)20-12-5-8-14-15(9-12)18-10-17-14/h3-10H,2H2,1H3,(H,17,18)(H2,19,20,21). The van der Waals surface area contributed by atoms with Gasteiger partial charge in [0, 0.05) is 11.4 Å². The summed E-state index contributed by atoms with van der Waals surface area (Å²) in [5, 5.41) is 5.55. The number of H-pyrrole nitrogens is 1. The summed E-state index contributed by atoms with van der Waals surface area (Å²) < 4.78 is 5.36. The Morgan fingerprint density at radius 2 is 1.86 bits per heavy atom. The average molecular weight is 296 g/mol. The first kappa shape index (κ1) is 13.9. The van der Waals surface area contributed by atoms with Gasteiger partial charge in [0.25, 0.3) is 0 Å². The quantitative estimate of drug-likeness (QED) is 0.688. The Kier molecular flexibility index (Phi) is 3.91. The molecule has 6 nitrogen and oxygen atoms in total. The van der Waals surface area contributed by atoms with Crippen LogP contribution in [0.4, 0.5) is 16.2 Å². The first-order valence-electron chi connectivity index (χ1n) is 6.98. The molecule has 2 amide bonds. The average Bonchev–Trinajstić information content (AvgIpc) is 2.97. The summed E-state index contributed by atoms with van der Waals surface area (Å²) in [7, 11) is 0. The van der Waals surface area contributed by atoms with Gasteiger partial charge >= 0.3 is 6.03 Å². The van der Waals surface area contributed by atoms with Crippen LogP contribution in [0.2, 0.25) is 0 Å². The molecule has 3 rings (SSSR count). The molecule has 0 radical (unpaired) electrons. The summed E-state index contributed by atoms with van der Waals surface area (Å²) in [5.74, 6) is 0.776. The zero-order valence-electron chi connectivity index (χ0n) is 12.1. The molecule has 1 aromatic heterocycles. The lowest BCUT2D eigenvalue weighted by Gasteiger charge is -2.08. The molecule has 2 aromatic carbocycles. The third-order valence-corrected chi connectivity index (χ3v) is 3.10. The van der Waals surface area contributed by atoms with Crippen LogP contribution in [0.3, 0.4) is 0 Å². The van der Waals surface area contributed by atoms with Crippen molar-refractivity contribution in [2.75, 3.05) is 17.2 Å². The zero-order chi connectivity index (χ0) is 15.4. The lowest BCUT2D eigenvalue weighted by atomic mass is 10.3. The van der Waals surface area contributed by atoms with Gasteiger partial charge in [-0.05, 0) is 49.4 Å². The molecule has 0 atom stereocenters. The van der Waals surface area contributed by atoms with E-state index in [1.807, 2.05) is 31.2 Å². The van der Waals surface area contributed by atoms with Crippen LogP contribution in [0.5, 0.6) is 5.75 Å². The van der Waals surface area contributed by atoms with Gasteiger partial charge in [-0.2, -0.15) is 0 Å². The number of benzene rings is 2. The number of rotatable bonds is 4. The smallest absolute Gasteiger partial charge is 0.323 e. The van der Waals surface area contributed by atoms with Crippen LogP contribution in [-0.2, 0) is 0 Å². The van der Waals surface area contributed by atoms with Gasteiger partial charge in [-0.15, -0.1) is 0 Å². The Bertz CT molecular complexity index is 780. The van der Waals surface area contributed by atoms with Gasteiger partial charge in [0.15, 0.2) is 0 Å². The fraction of sp³-hybridized carbons (Fsp3) is 0.125. The first-order chi connectivity index (χ1) is 10.7. The van der Waals surface area contributed by atoms with Crippen molar-refractivity contribution in [3.63, 3.8) is 0 Å². The monoisotopic (exact) mass is 296 g/mol. The van der Waals surface area contributed by atoms with Gasteiger partial charge < -0.3 is 20.4 Å². The number of hydrogen-bond donors (Lipinski definition) is 3. The van der Waals surface area contributed by atoms with Crippen molar-refractivity contribution in [3.05, 3.63) is 48.8 Å². The molecule has 1 heterocycles. The number of ether oxygens (including phenoxy) is 1. The molecule has 22 heavy (non-hydrogen) atoms. The van der Waals surface area contributed by atoms with Crippen LogP contribution in [0.25, 0.3) is 11.0 Å². The number of aromatic amines is 1. The van der Waals surface area contributed by atoms with E-state index in [-0.39, 0.29) is 6.03 Å². The number of nitrogens with one attached hydrogen (secondary N) is 3. The van der Waals surface area contributed by atoms with Crippen molar-refractivity contribution in [1.29, 1.82) is 0 Å². The molecule has 0 bridgehead atoms. The van der Waals surface area contributed by atoms with Crippen molar-refractivity contribution in [1.82, 2.24) is 9.97 Å². The highest BCUT2D eigenvalue weighted by Gasteiger charge is 2.04. The Morgan fingerprint density at radius 3 is 2.64 bits per heavy atom. The van der Waals surface area contributed by atoms with Gasteiger partial charge in [-0.3, -0.25) is 0 Å². The normalized spacial score (nSPS) is 10.4. The van der Waals surface area contributed by atoms with E-state index in [1.54, 1.807) is 24.5 Å². The Hall–Kier alpha value is -3.02. The third kappa shape index (κ3) is 3.17. The highest BCUT2D eigenvalue weighted by Crippen LogP contribution is 2.18. The molecule has 0 aliphatic heterocycles. The molecular weight excluding hydrogens is 280 g/mol. The van der Waals surface area contributed by atoms with Crippen molar-refractivity contribution >= 4 is 28.4 Å². The largest absolute Gasteiger partial charge is 0.494 e. The summed E-state index contributed by atoms with van der Waals surface area (Å²) in [6.07, 6.45) is 1.62. The molecule has 112 valence electrons. The molecule has 3 N–H and O–H groups in total. The number of fused-ring (bicyclic) bond motifs is 1. The second-order valence-electron chi connectivity index (χ2n) is 4.67. The molecule has 0 saturated heterocycles. The highest BCUT2D eigenvalue weighted by atomic mass is 16.5. The SMILES string of the molecule is CCOc1ccc(NC(=O)Nc2ccc3nc[nH]c3c2)cc1. The summed E-state index contributed by atoms with van der Waals surface area (Å²) >= 11 is 0. The van der Waals surface area contributed by atoms with Crippen molar-refractivity contribution in [2.45, 2.75) is 6.92 Å². The number of carbonyl (C=O) groups is 1. The molecule has 6 heteroatoms. The molecule has 0 unspecified atom stereocenters. The minimum Gasteiger partial charge on any atom is -0.494 e. The Morgan fingerprint density at radius 1 is 1.14 bits per heavy atom. The van der Waals surface area contributed by atoms with Crippen LogP contribution >= 0.6 is 0 Å². The maximum atomic E-state index is 12.0.